The average molecular weight is 302 g/mol. The highest BCUT2D eigenvalue weighted by Gasteiger charge is 2.24. The smallest absolute Gasteiger partial charge is 0.352 e. The summed E-state index contributed by atoms with van der Waals surface area (Å²) in [4.78, 5) is 20.7. The molecule has 1 rings (SSSR count). The normalized spacial score (nSPS) is 17.6. The zero-order chi connectivity index (χ0) is 15.6. The fraction of sp³-hybridized carbons (Fsp3) is 0.692. The maximum atomic E-state index is 10.4. The first kappa shape index (κ1) is 18.7. The van der Waals surface area contributed by atoms with Crippen LogP contribution in [-0.4, -0.2) is 38.5 Å². The molecule has 7 heteroatoms. The van der Waals surface area contributed by atoms with Crippen molar-refractivity contribution in [1.82, 2.24) is 5.32 Å². The van der Waals surface area contributed by atoms with Gasteiger partial charge in [0.2, 0.25) is 5.91 Å². The van der Waals surface area contributed by atoms with Crippen LogP contribution < -0.4 is 11.1 Å². The van der Waals surface area contributed by atoms with Crippen LogP contribution in [0.5, 0.6) is 0 Å². The van der Waals surface area contributed by atoms with Gasteiger partial charge in [0, 0.05) is 19.2 Å². The Hall–Kier alpha value is -1.34. The predicted octanol–water partition coefficient (Wildman–Crippen LogP) is 1.44. The minimum atomic E-state index is -1.18. The number of nitrogens with one attached hydrogen (secondary N) is 1. The molecule has 0 aromatic rings. The quantitative estimate of drug-likeness (QED) is 0.527. The molecule has 0 aromatic heterocycles. The first-order chi connectivity index (χ1) is 9.28. The Kier molecular flexibility index (Phi) is 8.90. The van der Waals surface area contributed by atoms with E-state index in [0.717, 1.165) is 19.1 Å². The van der Waals surface area contributed by atoms with E-state index in [0.29, 0.717) is 6.54 Å². The molecule has 1 amide bonds. The largest absolute Gasteiger partial charge is 0.477 e. The van der Waals surface area contributed by atoms with Crippen LogP contribution in [0.15, 0.2) is 11.8 Å². The van der Waals surface area contributed by atoms with Crippen LogP contribution in [0.2, 0.25) is 19.1 Å². The Morgan fingerprint density at radius 1 is 1.40 bits per heavy atom. The molecule has 116 valence electrons. The molecule has 0 saturated carbocycles. The standard InChI is InChI=1S/C7H12N2O3.C6H14OSi/c1-2-3-9-5(7(11)12)4-6(8)10;1-8(2)6-4-3-5-7-8/h4,9H,2-3H2,1H3,(H2,8,10)(H,11,12);3-6H2,1-2H3/b5-4+;. The molecule has 6 nitrogen and oxygen atoms in total. The maximum Gasteiger partial charge on any atom is 0.352 e. The Labute approximate surface area is 121 Å². The minimum Gasteiger partial charge on any atom is -0.477 e. The topological polar surface area (TPSA) is 102 Å². The van der Waals surface area contributed by atoms with Crippen LogP contribution >= 0.6 is 0 Å². The number of carboxylic acid groups (broad SMARTS) is 1. The summed E-state index contributed by atoms with van der Waals surface area (Å²) in [6.07, 6.45) is 4.33. The second-order valence-electron chi connectivity index (χ2n) is 5.26. The van der Waals surface area contributed by atoms with E-state index < -0.39 is 20.2 Å². The van der Waals surface area contributed by atoms with Crippen molar-refractivity contribution in [1.29, 1.82) is 0 Å². The third-order valence-corrected chi connectivity index (χ3v) is 5.29. The lowest BCUT2D eigenvalue weighted by Crippen LogP contribution is -2.33. The van der Waals surface area contributed by atoms with E-state index in [-0.39, 0.29) is 5.70 Å². The van der Waals surface area contributed by atoms with E-state index in [9.17, 15) is 9.59 Å². The van der Waals surface area contributed by atoms with Crippen molar-refractivity contribution < 1.29 is 19.1 Å². The Bertz CT molecular complexity index is 348. The number of amides is 1. The first-order valence-electron chi connectivity index (χ1n) is 6.90. The van der Waals surface area contributed by atoms with Crippen molar-refractivity contribution >= 4 is 20.2 Å². The molecule has 0 bridgehead atoms. The summed E-state index contributed by atoms with van der Waals surface area (Å²) in [6.45, 7) is 8.01. The first-order valence-corrected chi connectivity index (χ1v) is 10.0. The minimum absolute atomic E-state index is 0.163. The summed E-state index contributed by atoms with van der Waals surface area (Å²) in [5.41, 5.74) is 4.62. The van der Waals surface area contributed by atoms with Crippen LogP contribution in [-0.2, 0) is 14.0 Å². The molecule has 1 aliphatic rings. The molecule has 0 aromatic carbocycles. The molecular weight excluding hydrogens is 276 g/mol. The average Bonchev–Trinajstić information content (AvgIpc) is 2.34. The number of carbonyl (C=O) groups is 2. The van der Waals surface area contributed by atoms with E-state index in [1.54, 1.807) is 0 Å². The van der Waals surface area contributed by atoms with Gasteiger partial charge in [0.25, 0.3) is 0 Å². The number of carboxylic acids is 1. The molecule has 1 heterocycles. The number of rotatable bonds is 5. The molecule has 0 atom stereocenters. The third-order valence-electron chi connectivity index (χ3n) is 2.75. The van der Waals surface area contributed by atoms with E-state index in [1.165, 1.54) is 18.9 Å². The van der Waals surface area contributed by atoms with Gasteiger partial charge in [-0.25, -0.2) is 4.79 Å². The third kappa shape index (κ3) is 9.57. The van der Waals surface area contributed by atoms with Gasteiger partial charge >= 0.3 is 5.97 Å². The Morgan fingerprint density at radius 3 is 2.35 bits per heavy atom. The number of aliphatic carboxylic acids is 1. The Balaban J connectivity index is 0.000000388. The highest BCUT2D eigenvalue weighted by molar-refractivity contribution is 6.71. The van der Waals surface area contributed by atoms with E-state index in [1.807, 2.05) is 6.92 Å². The molecule has 0 aliphatic carbocycles. The van der Waals surface area contributed by atoms with Gasteiger partial charge in [-0.15, -0.1) is 0 Å². The lowest BCUT2D eigenvalue weighted by Gasteiger charge is -2.27. The fourth-order valence-corrected chi connectivity index (χ4v) is 3.61. The number of primary amides is 1. The molecule has 0 unspecified atom stereocenters. The van der Waals surface area contributed by atoms with Crippen molar-refractivity contribution in [3.8, 4) is 0 Å². The molecule has 4 N–H and O–H groups in total. The molecule has 1 aliphatic heterocycles. The molecule has 20 heavy (non-hydrogen) atoms. The molecule has 0 radical (unpaired) electrons. The fourth-order valence-electron chi connectivity index (χ4n) is 1.66. The SMILES string of the molecule is CCCN/C(=C/C(N)=O)C(=O)O.C[Si]1(C)CCCCO1. The van der Waals surface area contributed by atoms with Crippen LogP contribution in [0.4, 0.5) is 0 Å². The maximum absolute atomic E-state index is 10.4. The highest BCUT2D eigenvalue weighted by Crippen LogP contribution is 2.20. The van der Waals surface area contributed by atoms with Crippen LogP contribution in [0.25, 0.3) is 0 Å². The zero-order valence-corrected chi connectivity index (χ0v) is 13.6. The summed E-state index contributed by atoms with van der Waals surface area (Å²) in [5.74, 6) is -1.95. The van der Waals surface area contributed by atoms with Gasteiger partial charge in [0.05, 0.1) is 0 Å². The monoisotopic (exact) mass is 302 g/mol. The molecule has 1 saturated heterocycles. The van der Waals surface area contributed by atoms with Gasteiger partial charge in [-0.3, -0.25) is 4.79 Å². The second-order valence-corrected chi connectivity index (χ2v) is 9.57. The van der Waals surface area contributed by atoms with Crippen molar-refractivity contribution in [2.45, 2.75) is 45.3 Å². The summed E-state index contributed by atoms with van der Waals surface area (Å²) < 4.78 is 5.60. The predicted molar refractivity (Wildman–Crippen MR) is 80.7 cm³/mol. The van der Waals surface area contributed by atoms with Gasteiger partial charge in [0.1, 0.15) is 5.70 Å². The van der Waals surface area contributed by atoms with Crippen molar-refractivity contribution in [2.24, 2.45) is 5.73 Å². The van der Waals surface area contributed by atoms with Crippen LogP contribution in [0.3, 0.4) is 0 Å². The summed E-state index contributed by atoms with van der Waals surface area (Å²) >= 11 is 0. The van der Waals surface area contributed by atoms with Gasteiger partial charge in [-0.2, -0.15) is 0 Å². The van der Waals surface area contributed by atoms with Gasteiger partial charge in [-0.05, 0) is 32.0 Å². The van der Waals surface area contributed by atoms with Gasteiger partial charge in [-0.1, -0.05) is 13.3 Å². The van der Waals surface area contributed by atoms with Crippen LogP contribution in [0, 0.1) is 0 Å². The molecular formula is C13H26N2O4Si. The summed E-state index contributed by atoms with van der Waals surface area (Å²) in [6, 6.07) is 1.37. The molecule has 1 fully saturated rings. The number of nitrogens with two attached hydrogens (primary N) is 1. The van der Waals surface area contributed by atoms with Crippen molar-refractivity contribution in [3.63, 3.8) is 0 Å². The van der Waals surface area contributed by atoms with Gasteiger partial charge in [0.15, 0.2) is 8.32 Å². The van der Waals surface area contributed by atoms with E-state index >= 15 is 0 Å². The van der Waals surface area contributed by atoms with Crippen molar-refractivity contribution in [2.75, 3.05) is 13.2 Å². The molecule has 0 spiro atoms. The lowest BCUT2D eigenvalue weighted by atomic mass is 10.3. The Morgan fingerprint density at radius 2 is 2.05 bits per heavy atom. The van der Waals surface area contributed by atoms with E-state index in [2.05, 4.69) is 18.4 Å². The number of hydrogen-bond donors (Lipinski definition) is 3. The lowest BCUT2D eigenvalue weighted by molar-refractivity contribution is -0.133. The summed E-state index contributed by atoms with van der Waals surface area (Å²) in [5, 5.41) is 11.1. The summed E-state index contributed by atoms with van der Waals surface area (Å²) in [7, 11) is -1.09. The highest BCUT2D eigenvalue weighted by atomic mass is 28.4. The van der Waals surface area contributed by atoms with E-state index in [4.69, 9.17) is 15.3 Å². The second kappa shape index (κ2) is 9.54. The number of hydrogen-bond acceptors (Lipinski definition) is 4. The van der Waals surface area contributed by atoms with Gasteiger partial charge < -0.3 is 20.6 Å². The zero-order valence-electron chi connectivity index (χ0n) is 12.6. The van der Waals surface area contributed by atoms with Crippen molar-refractivity contribution in [3.05, 3.63) is 11.8 Å². The van der Waals surface area contributed by atoms with Crippen LogP contribution in [0.1, 0.15) is 26.2 Å². The number of carbonyl (C=O) groups excluding carboxylic acids is 1.